The molecule has 0 unspecified atom stereocenters. The van der Waals surface area contributed by atoms with Crippen molar-refractivity contribution < 1.29 is 33.2 Å². The number of ether oxygens (including phenoxy) is 6. The molecule has 0 fully saturated rings. The lowest BCUT2D eigenvalue weighted by Crippen LogP contribution is -1.93. The molecule has 0 aliphatic carbocycles. The quantitative estimate of drug-likeness (QED) is 0.709. The monoisotopic (exact) mass is 382 g/mol. The Bertz CT molecular complexity index is 898. The van der Waals surface area contributed by atoms with Crippen molar-refractivity contribution in [3.8, 4) is 34.5 Å². The van der Waals surface area contributed by atoms with E-state index < -0.39 is 0 Å². The normalized spacial score (nSPS) is 14.1. The number of hydrogen-bond acceptors (Lipinski definition) is 7. The molecule has 0 spiro atoms. The zero-order valence-corrected chi connectivity index (χ0v) is 15.4. The smallest absolute Gasteiger partial charge is 0.231 e. The van der Waals surface area contributed by atoms with Gasteiger partial charge in [-0.3, -0.25) is 4.79 Å². The first-order valence-electron chi connectivity index (χ1n) is 8.53. The summed E-state index contributed by atoms with van der Waals surface area (Å²) in [6.07, 6.45) is 6.32. The van der Waals surface area contributed by atoms with Gasteiger partial charge in [-0.2, -0.15) is 0 Å². The maximum Gasteiger partial charge on any atom is 0.231 e. The molecular weight excluding hydrogens is 364 g/mol. The third-order valence-corrected chi connectivity index (χ3v) is 4.24. The fraction of sp³-hybridized carbons (Fsp3) is 0.190. The Morgan fingerprint density at radius 1 is 0.786 bits per heavy atom. The second-order valence-corrected chi connectivity index (χ2v) is 5.98. The molecule has 144 valence electrons. The molecule has 0 amide bonds. The Balaban J connectivity index is 1.49. The van der Waals surface area contributed by atoms with Crippen molar-refractivity contribution in [2.75, 3.05) is 27.8 Å². The zero-order valence-electron chi connectivity index (χ0n) is 15.4. The summed E-state index contributed by atoms with van der Waals surface area (Å²) < 4.78 is 32.1. The SMILES string of the molecule is COc1cc(/C=C/C(=O)/C=C/c2cc(OC)c3c(c2)OCO3)cc2c1OCO2. The molecule has 0 saturated heterocycles. The summed E-state index contributed by atoms with van der Waals surface area (Å²) in [5, 5.41) is 0. The van der Waals surface area contributed by atoms with Crippen molar-refractivity contribution in [3.05, 3.63) is 47.5 Å². The van der Waals surface area contributed by atoms with Crippen LogP contribution in [0.2, 0.25) is 0 Å². The van der Waals surface area contributed by atoms with E-state index in [0.717, 1.165) is 11.1 Å². The molecule has 0 N–H and O–H groups in total. The number of allylic oxidation sites excluding steroid dienone is 2. The maximum atomic E-state index is 12.2. The van der Waals surface area contributed by atoms with Gasteiger partial charge in [0.25, 0.3) is 0 Å². The molecule has 2 aromatic carbocycles. The fourth-order valence-corrected chi connectivity index (χ4v) is 2.90. The standard InChI is InChI=1S/C21H18O7/c1-23-16-7-13(9-18-20(16)27-11-25-18)3-5-15(22)6-4-14-8-17(24-2)21-19(10-14)26-12-28-21/h3-10H,11-12H2,1-2H3/b5-3+,6-4+. The Kier molecular flexibility index (Phi) is 4.80. The molecule has 0 atom stereocenters. The zero-order chi connectivity index (χ0) is 19.5. The van der Waals surface area contributed by atoms with Crippen LogP contribution in [0.3, 0.4) is 0 Å². The number of carbonyl (C=O) groups excluding carboxylic acids is 1. The molecule has 0 radical (unpaired) electrons. The first-order valence-corrected chi connectivity index (χ1v) is 8.53. The average Bonchev–Trinajstić information content (AvgIpc) is 3.38. The lowest BCUT2D eigenvalue weighted by Gasteiger charge is -2.05. The number of methoxy groups -OCH3 is 2. The van der Waals surface area contributed by atoms with Gasteiger partial charge in [0.2, 0.25) is 25.1 Å². The molecule has 7 nitrogen and oxygen atoms in total. The maximum absolute atomic E-state index is 12.2. The largest absolute Gasteiger partial charge is 0.493 e. The van der Waals surface area contributed by atoms with Gasteiger partial charge in [0, 0.05) is 0 Å². The molecule has 0 aromatic heterocycles. The lowest BCUT2D eigenvalue weighted by molar-refractivity contribution is -0.110. The number of hydrogen-bond donors (Lipinski definition) is 0. The van der Waals surface area contributed by atoms with Crippen LogP contribution < -0.4 is 28.4 Å². The molecule has 0 bridgehead atoms. The van der Waals surface area contributed by atoms with Gasteiger partial charge >= 0.3 is 0 Å². The van der Waals surface area contributed by atoms with Crippen LogP contribution >= 0.6 is 0 Å². The van der Waals surface area contributed by atoms with E-state index >= 15 is 0 Å². The molecule has 0 saturated carbocycles. The highest BCUT2D eigenvalue weighted by atomic mass is 16.7. The van der Waals surface area contributed by atoms with Gasteiger partial charge in [-0.25, -0.2) is 0 Å². The van der Waals surface area contributed by atoms with Crippen molar-refractivity contribution in [1.82, 2.24) is 0 Å². The summed E-state index contributed by atoms with van der Waals surface area (Å²) in [4.78, 5) is 12.2. The van der Waals surface area contributed by atoms with Gasteiger partial charge in [-0.1, -0.05) is 12.2 Å². The van der Waals surface area contributed by atoms with E-state index in [-0.39, 0.29) is 19.4 Å². The van der Waals surface area contributed by atoms with Crippen molar-refractivity contribution >= 4 is 17.9 Å². The Morgan fingerprint density at radius 3 is 1.68 bits per heavy atom. The van der Waals surface area contributed by atoms with Crippen LogP contribution in [-0.4, -0.2) is 33.6 Å². The van der Waals surface area contributed by atoms with Crippen LogP contribution in [0, 0.1) is 0 Å². The Morgan fingerprint density at radius 2 is 1.25 bits per heavy atom. The van der Waals surface area contributed by atoms with Gasteiger partial charge in [-0.05, 0) is 47.5 Å². The molecule has 2 aliphatic rings. The summed E-state index contributed by atoms with van der Waals surface area (Å²) in [6, 6.07) is 7.15. The highest BCUT2D eigenvalue weighted by Gasteiger charge is 2.20. The third kappa shape index (κ3) is 3.46. The summed E-state index contributed by atoms with van der Waals surface area (Å²) in [6.45, 7) is 0.305. The highest BCUT2D eigenvalue weighted by molar-refractivity contribution is 6.04. The molecule has 7 heteroatoms. The Labute approximate surface area is 161 Å². The van der Waals surface area contributed by atoms with Gasteiger partial charge in [0.1, 0.15) is 0 Å². The van der Waals surface area contributed by atoms with E-state index in [9.17, 15) is 4.79 Å². The van der Waals surface area contributed by atoms with Crippen LogP contribution in [-0.2, 0) is 4.79 Å². The number of rotatable bonds is 6. The van der Waals surface area contributed by atoms with Crippen molar-refractivity contribution in [2.45, 2.75) is 0 Å². The van der Waals surface area contributed by atoms with E-state index in [0.29, 0.717) is 34.5 Å². The van der Waals surface area contributed by atoms with Gasteiger partial charge < -0.3 is 28.4 Å². The summed E-state index contributed by atoms with van der Waals surface area (Å²) in [5.41, 5.74) is 1.54. The molecule has 2 aliphatic heterocycles. The molecular formula is C21H18O7. The van der Waals surface area contributed by atoms with E-state index in [1.807, 2.05) is 0 Å². The second-order valence-electron chi connectivity index (χ2n) is 5.98. The third-order valence-electron chi connectivity index (χ3n) is 4.24. The number of carbonyl (C=O) groups is 1. The van der Waals surface area contributed by atoms with E-state index in [1.165, 1.54) is 12.2 Å². The minimum Gasteiger partial charge on any atom is -0.493 e. The van der Waals surface area contributed by atoms with E-state index in [4.69, 9.17) is 28.4 Å². The van der Waals surface area contributed by atoms with Crippen LogP contribution in [0.25, 0.3) is 12.2 Å². The summed E-state index contributed by atoms with van der Waals surface area (Å²) in [5.74, 6) is 3.28. The first kappa shape index (κ1) is 17.8. The molecule has 28 heavy (non-hydrogen) atoms. The van der Waals surface area contributed by atoms with Gasteiger partial charge in [0.05, 0.1) is 14.2 Å². The van der Waals surface area contributed by atoms with Crippen molar-refractivity contribution in [2.24, 2.45) is 0 Å². The predicted octanol–water partition coefficient (Wildman–Crippen LogP) is 3.46. The minimum absolute atomic E-state index is 0.152. The fourth-order valence-electron chi connectivity index (χ4n) is 2.90. The summed E-state index contributed by atoms with van der Waals surface area (Å²) >= 11 is 0. The van der Waals surface area contributed by atoms with Crippen molar-refractivity contribution in [1.29, 1.82) is 0 Å². The van der Waals surface area contributed by atoms with E-state index in [1.54, 1.807) is 50.6 Å². The molecule has 2 aromatic rings. The topological polar surface area (TPSA) is 72.5 Å². The van der Waals surface area contributed by atoms with Crippen LogP contribution in [0.5, 0.6) is 34.5 Å². The Hall–Kier alpha value is -3.61. The van der Waals surface area contributed by atoms with Crippen LogP contribution in [0.15, 0.2) is 36.4 Å². The van der Waals surface area contributed by atoms with Gasteiger partial charge in [-0.15, -0.1) is 0 Å². The first-order chi connectivity index (χ1) is 13.7. The average molecular weight is 382 g/mol. The van der Waals surface area contributed by atoms with Crippen LogP contribution in [0.4, 0.5) is 0 Å². The minimum atomic E-state index is -0.173. The molecule has 2 heterocycles. The molecule has 4 rings (SSSR count). The summed E-state index contributed by atoms with van der Waals surface area (Å²) in [7, 11) is 3.11. The predicted molar refractivity (Wildman–Crippen MR) is 101 cm³/mol. The number of benzene rings is 2. The van der Waals surface area contributed by atoms with Crippen LogP contribution in [0.1, 0.15) is 11.1 Å². The lowest BCUT2D eigenvalue weighted by atomic mass is 10.1. The number of fused-ring (bicyclic) bond motifs is 2. The number of ketones is 1. The van der Waals surface area contributed by atoms with Crippen molar-refractivity contribution in [3.63, 3.8) is 0 Å². The second kappa shape index (κ2) is 7.56. The van der Waals surface area contributed by atoms with E-state index in [2.05, 4.69) is 0 Å². The van der Waals surface area contributed by atoms with Gasteiger partial charge in [0.15, 0.2) is 28.8 Å². The highest BCUT2D eigenvalue weighted by Crippen LogP contribution is 2.43.